The zero-order valence-electron chi connectivity index (χ0n) is 16.1. The first-order valence-corrected chi connectivity index (χ1v) is 8.80. The van der Waals surface area contributed by atoms with Crippen molar-refractivity contribution in [2.45, 2.75) is 32.6 Å². The summed E-state index contributed by atoms with van der Waals surface area (Å²) in [5.41, 5.74) is 6.59. The van der Waals surface area contributed by atoms with Crippen molar-refractivity contribution in [1.29, 1.82) is 0 Å². The fourth-order valence-electron chi connectivity index (χ4n) is 3.00. The minimum absolute atomic E-state index is 0. The van der Waals surface area contributed by atoms with Gasteiger partial charge in [0.1, 0.15) is 5.75 Å². The first kappa shape index (κ1) is 27.0. The Labute approximate surface area is 200 Å². The Morgan fingerprint density at radius 3 is 2.21 bits per heavy atom. The average Bonchev–Trinajstić information content (AvgIpc) is 2.92. The molecule has 1 aliphatic carbocycles. The van der Waals surface area contributed by atoms with Gasteiger partial charge in [0, 0.05) is 26.7 Å². The Hall–Kier alpha value is -0.956. The minimum atomic E-state index is 0. The number of rotatable bonds is 0. The maximum absolute atomic E-state index is 9.27. The molecule has 1 N–H and O–H groups in total. The molecule has 0 aliphatic heterocycles. The Balaban J connectivity index is 0.000000472. The smallest absolute Gasteiger partial charge is 0.117 e. The van der Waals surface area contributed by atoms with E-state index in [0.29, 0.717) is 5.02 Å². The van der Waals surface area contributed by atoms with Crippen molar-refractivity contribution in [2.75, 3.05) is 0 Å². The van der Waals surface area contributed by atoms with Crippen LogP contribution in [-0.2, 0) is 33.6 Å². The molecule has 5 heteroatoms. The van der Waals surface area contributed by atoms with Gasteiger partial charge in [0.25, 0.3) is 0 Å². The van der Waals surface area contributed by atoms with Crippen LogP contribution in [0.25, 0.3) is 11.1 Å². The van der Waals surface area contributed by atoms with Crippen molar-refractivity contribution in [3.05, 3.63) is 88.4 Å². The first-order valence-electron chi connectivity index (χ1n) is 8.42. The van der Waals surface area contributed by atoms with E-state index in [1.807, 2.05) is 12.1 Å². The molecule has 3 aromatic carbocycles. The van der Waals surface area contributed by atoms with Gasteiger partial charge in [-0.2, -0.15) is 29.8 Å². The van der Waals surface area contributed by atoms with E-state index in [1.165, 1.54) is 28.3 Å². The van der Waals surface area contributed by atoms with Crippen LogP contribution >= 0.6 is 11.6 Å². The van der Waals surface area contributed by atoms with E-state index in [1.54, 1.807) is 6.07 Å². The molecule has 0 unspecified atom stereocenters. The van der Waals surface area contributed by atoms with Crippen molar-refractivity contribution in [2.24, 2.45) is 0 Å². The standard InChI is InChI=1S/C13H9.C10H13ClO.2ClH.Ti/c1-3-7-12-10(5-1)9-11-6-2-4-8-13(11)12;1-10(2,3)7-4-8(11)6-9(12)5-7;;;/h1-5,7-8H,9H2;4-6,12H,1-3H3;2*1H;/q-1;;;;/p-2. The van der Waals surface area contributed by atoms with E-state index in [0.717, 1.165) is 12.0 Å². The van der Waals surface area contributed by atoms with Gasteiger partial charge in [-0.3, -0.25) is 0 Å². The van der Waals surface area contributed by atoms with Crippen molar-refractivity contribution < 1.29 is 51.6 Å². The molecule has 0 bridgehead atoms. The molecule has 28 heavy (non-hydrogen) atoms. The van der Waals surface area contributed by atoms with Crippen LogP contribution in [0.1, 0.15) is 37.5 Å². The Bertz CT molecular complexity index is 841. The number of hydrogen-bond acceptors (Lipinski definition) is 1. The van der Waals surface area contributed by atoms with Crippen LogP contribution in [-0.4, -0.2) is 5.11 Å². The molecule has 0 saturated carbocycles. The van der Waals surface area contributed by atoms with Gasteiger partial charge in [-0.1, -0.05) is 67.8 Å². The van der Waals surface area contributed by atoms with Crippen LogP contribution in [0.3, 0.4) is 0 Å². The molecule has 148 valence electrons. The second-order valence-electron chi connectivity index (χ2n) is 7.34. The minimum Gasteiger partial charge on any atom is -1.00 e. The molecule has 1 nitrogen and oxygen atoms in total. The summed E-state index contributed by atoms with van der Waals surface area (Å²) in [7, 11) is 0. The summed E-state index contributed by atoms with van der Waals surface area (Å²) in [5, 5.41) is 9.86. The molecule has 0 atom stereocenters. The molecule has 0 aromatic heterocycles. The molecule has 4 rings (SSSR count). The Morgan fingerprint density at radius 2 is 1.57 bits per heavy atom. The van der Waals surface area contributed by atoms with E-state index < -0.39 is 0 Å². The SMILES string of the molecule is CC(C)(C)c1cc(O)cc(Cl)c1.[Cl-].[Cl-].[Ti].[c-]1cccc2c1Cc1ccccc1-2. The summed E-state index contributed by atoms with van der Waals surface area (Å²) in [6.07, 6.45) is 1.05. The summed E-state index contributed by atoms with van der Waals surface area (Å²) < 4.78 is 0. The molecule has 0 radical (unpaired) electrons. The van der Waals surface area contributed by atoms with E-state index in [2.05, 4.69) is 63.2 Å². The predicted octanol–water partition coefficient (Wildman–Crippen LogP) is 0.407. The largest absolute Gasteiger partial charge is 1.00 e. The molecular weight excluding hydrogens is 446 g/mol. The van der Waals surface area contributed by atoms with Crippen molar-refractivity contribution in [3.8, 4) is 16.9 Å². The number of benzene rings is 3. The van der Waals surface area contributed by atoms with Crippen LogP contribution in [0.5, 0.6) is 5.75 Å². The maximum atomic E-state index is 9.27. The molecule has 1 aliphatic rings. The van der Waals surface area contributed by atoms with Gasteiger partial charge >= 0.3 is 0 Å². The summed E-state index contributed by atoms with van der Waals surface area (Å²) in [6.45, 7) is 6.24. The number of phenolic OH excluding ortho intramolecular Hbond substituents is 1. The van der Waals surface area contributed by atoms with Crippen LogP contribution in [0.4, 0.5) is 0 Å². The zero-order valence-corrected chi connectivity index (χ0v) is 19.9. The quantitative estimate of drug-likeness (QED) is 0.293. The third-order valence-corrected chi connectivity index (χ3v) is 4.58. The summed E-state index contributed by atoms with van der Waals surface area (Å²) in [5.74, 6) is 0.229. The van der Waals surface area contributed by atoms with Crippen LogP contribution in [0.2, 0.25) is 5.02 Å². The third-order valence-electron chi connectivity index (χ3n) is 4.37. The normalized spacial score (nSPS) is 10.7. The second kappa shape index (κ2) is 11.3. The molecule has 0 spiro atoms. The first-order chi connectivity index (χ1) is 11.8. The van der Waals surface area contributed by atoms with Crippen molar-refractivity contribution in [1.82, 2.24) is 0 Å². The number of phenols is 1. The summed E-state index contributed by atoms with van der Waals surface area (Å²) in [6, 6.07) is 23.3. The molecule has 0 fully saturated rings. The fraction of sp³-hybridized carbons (Fsp3) is 0.217. The Kier molecular flexibility index (Phi) is 10.9. The molecule has 0 heterocycles. The summed E-state index contributed by atoms with van der Waals surface area (Å²) >= 11 is 5.80. The second-order valence-corrected chi connectivity index (χ2v) is 7.78. The van der Waals surface area contributed by atoms with Crippen LogP contribution in [0.15, 0.2) is 60.7 Å². The van der Waals surface area contributed by atoms with Gasteiger partial charge in [0.2, 0.25) is 0 Å². The zero-order chi connectivity index (χ0) is 18.0. The molecule has 0 amide bonds. The Morgan fingerprint density at radius 1 is 0.929 bits per heavy atom. The van der Waals surface area contributed by atoms with Gasteiger partial charge in [-0.15, -0.1) is 5.56 Å². The van der Waals surface area contributed by atoms with E-state index in [4.69, 9.17) is 11.6 Å². The number of hydrogen-bond donors (Lipinski definition) is 1. The predicted molar refractivity (Wildman–Crippen MR) is 105 cm³/mol. The van der Waals surface area contributed by atoms with Gasteiger partial charge in [0.15, 0.2) is 0 Å². The number of halogens is 3. The van der Waals surface area contributed by atoms with Crippen LogP contribution < -0.4 is 24.8 Å². The van der Waals surface area contributed by atoms with Crippen molar-refractivity contribution >= 4 is 11.6 Å². The number of fused-ring (bicyclic) bond motifs is 3. The van der Waals surface area contributed by atoms with Gasteiger partial charge < -0.3 is 29.9 Å². The molecular formula is C23H22Cl3OTi-3. The number of aromatic hydroxyl groups is 1. The molecule has 0 saturated heterocycles. The third kappa shape index (κ3) is 6.54. The maximum Gasteiger partial charge on any atom is 0.117 e. The van der Waals surface area contributed by atoms with E-state index in [-0.39, 0.29) is 57.7 Å². The topological polar surface area (TPSA) is 20.2 Å². The van der Waals surface area contributed by atoms with Gasteiger partial charge in [0.05, 0.1) is 0 Å². The van der Waals surface area contributed by atoms with E-state index in [9.17, 15) is 5.11 Å². The summed E-state index contributed by atoms with van der Waals surface area (Å²) in [4.78, 5) is 0. The monoisotopic (exact) mass is 467 g/mol. The molecule has 3 aromatic rings. The average molecular weight is 469 g/mol. The van der Waals surface area contributed by atoms with Gasteiger partial charge in [-0.25, -0.2) is 0 Å². The van der Waals surface area contributed by atoms with Gasteiger partial charge in [-0.05, 0) is 35.6 Å². The van der Waals surface area contributed by atoms with Crippen molar-refractivity contribution in [3.63, 3.8) is 0 Å². The fourth-order valence-corrected chi connectivity index (χ4v) is 3.23. The van der Waals surface area contributed by atoms with Crippen LogP contribution in [0, 0.1) is 6.07 Å². The van der Waals surface area contributed by atoms with E-state index >= 15 is 0 Å².